The predicted octanol–water partition coefficient (Wildman–Crippen LogP) is 31.2. The van der Waals surface area contributed by atoms with E-state index in [0.717, 1.165) is 51.6 Å². The van der Waals surface area contributed by atoms with E-state index in [0.29, 0.717) is 44.5 Å². The van der Waals surface area contributed by atoms with Gasteiger partial charge in [0.05, 0.1) is 11.2 Å². The lowest BCUT2D eigenvalue weighted by molar-refractivity contribution is 0.00578. The van der Waals surface area contributed by atoms with Crippen molar-refractivity contribution in [2.75, 3.05) is 0 Å². The normalized spacial score (nSPS) is 15.8. The van der Waals surface area contributed by atoms with Crippen LogP contribution < -0.4 is 5.46 Å². The van der Waals surface area contributed by atoms with Crippen molar-refractivity contribution < 1.29 is 29.1 Å². The van der Waals surface area contributed by atoms with Crippen molar-refractivity contribution in [1.82, 2.24) is 0 Å². The number of halogens is 3. The van der Waals surface area contributed by atoms with E-state index < -0.39 is 29.5 Å². The third-order valence-corrected chi connectivity index (χ3v) is 29.0. The van der Waals surface area contributed by atoms with Gasteiger partial charge in [-0.1, -0.05) is 430 Å². The highest BCUT2D eigenvalue weighted by atomic mass is 79.9. The van der Waals surface area contributed by atoms with E-state index in [4.69, 9.17) is 9.31 Å². The van der Waals surface area contributed by atoms with Gasteiger partial charge in [0.1, 0.15) is 11.2 Å². The first-order valence-corrected chi connectivity index (χ1v) is 46.9. The van der Waals surface area contributed by atoms with E-state index in [1.165, 1.54) is 131 Å². The van der Waals surface area contributed by atoms with Crippen molar-refractivity contribution in [3.05, 3.63) is 494 Å². The summed E-state index contributed by atoms with van der Waals surface area (Å²) in [5.74, 6) is -0.167. The Labute approximate surface area is 790 Å². The highest BCUT2D eigenvalue weighted by Crippen LogP contribution is 2.57. The molecule has 2 N–H and O–H groups in total. The topological polar surface area (TPSA) is 93.1 Å². The van der Waals surface area contributed by atoms with Crippen molar-refractivity contribution in [3.8, 4) is 44.5 Å². The van der Waals surface area contributed by atoms with Gasteiger partial charge in [-0.05, 0) is 245 Å². The van der Waals surface area contributed by atoms with E-state index in [9.17, 15) is 19.8 Å². The van der Waals surface area contributed by atoms with Crippen molar-refractivity contribution >= 4 is 180 Å². The average Bonchev–Trinajstić information content (AvgIpc) is 0.797. The molecule has 22 aromatic rings. The summed E-state index contributed by atoms with van der Waals surface area (Å²) < 4.78 is 15.8. The number of aliphatic hydroxyl groups is 2. The van der Waals surface area contributed by atoms with Crippen LogP contribution in [-0.4, -0.2) is 40.1 Å². The van der Waals surface area contributed by atoms with Crippen molar-refractivity contribution in [1.29, 1.82) is 0 Å². The minimum absolute atomic E-state index is 0.0808. The third kappa shape index (κ3) is 14.0. The minimum atomic E-state index is -1.48. The monoisotopic (exact) mass is 1890 g/mol. The molecular weight excluding hydrogens is 1810 g/mol. The molecule has 0 amide bonds. The summed E-state index contributed by atoms with van der Waals surface area (Å²) in [6.45, 7) is 8.45. The lowest BCUT2D eigenvalue weighted by Gasteiger charge is -2.45. The number of carbonyl (C=O) groups is 2. The van der Waals surface area contributed by atoms with E-state index >= 15 is 0 Å². The van der Waals surface area contributed by atoms with Crippen molar-refractivity contribution in [2.24, 2.45) is 0 Å². The van der Waals surface area contributed by atoms with Gasteiger partial charge in [0.2, 0.25) is 0 Å². The highest BCUT2D eigenvalue weighted by Gasteiger charge is 2.53. The van der Waals surface area contributed by atoms with E-state index in [2.05, 4.69) is 367 Å². The number of rotatable bonds is 7. The second-order valence-corrected chi connectivity index (χ2v) is 38.1. The largest absolute Gasteiger partial charge is 0.494 e. The van der Waals surface area contributed by atoms with Crippen LogP contribution >= 0.6 is 47.8 Å². The Hall–Kier alpha value is -13.9. The SMILES string of the molecule is Brc1ccc2c(-c3cccc4ccccc34)c3ccccc3c(-c3cccc4ccccc34)c2c1.CC1(C)OB(c2ccc3c(-c4cccc5ccccc45)c4ccccc4c(-c4cccc5ccccc45)c3c2)OC1(C)C.O=C1c2ccccc2C(=O)c2cc(Br)ccc21.OC1(c2cccc3ccccc23)c2ccccc2C(O)(c2cccc3ccccc23)c2cc(Br)ccc21. The van der Waals surface area contributed by atoms with Gasteiger partial charge in [-0.25, -0.2) is 0 Å². The molecule has 10 heteroatoms. The van der Waals surface area contributed by atoms with Crippen LogP contribution in [0.15, 0.2) is 438 Å². The van der Waals surface area contributed by atoms with Crippen LogP contribution in [-0.2, 0) is 20.5 Å². The molecule has 1 fully saturated rings. The molecule has 632 valence electrons. The zero-order valence-corrected chi connectivity index (χ0v) is 77.4. The summed E-state index contributed by atoms with van der Waals surface area (Å²) in [6.07, 6.45) is 0. The van der Waals surface area contributed by atoms with Crippen LogP contribution in [0.25, 0.3) is 152 Å². The first-order valence-electron chi connectivity index (χ1n) is 44.5. The molecule has 0 bridgehead atoms. The molecule has 2 unspecified atom stereocenters. The number of ketones is 2. The van der Waals surface area contributed by atoms with E-state index in [-0.39, 0.29) is 11.6 Å². The molecule has 1 aliphatic heterocycles. The molecule has 2 aliphatic carbocycles. The molecule has 1 heterocycles. The van der Waals surface area contributed by atoms with Gasteiger partial charge >= 0.3 is 7.12 Å². The second kappa shape index (κ2) is 33.5. The fourth-order valence-corrected chi connectivity index (χ4v) is 21.8. The molecular formula is C122H84BBr3O6. The Kier molecular flexibility index (Phi) is 21.2. The van der Waals surface area contributed by atoms with Gasteiger partial charge in [-0.3, -0.25) is 9.59 Å². The lowest BCUT2D eigenvalue weighted by atomic mass is 9.62. The van der Waals surface area contributed by atoms with Crippen molar-refractivity contribution in [3.63, 3.8) is 0 Å². The number of benzene rings is 22. The van der Waals surface area contributed by atoms with Crippen molar-refractivity contribution in [2.45, 2.75) is 50.1 Å². The van der Waals surface area contributed by atoms with Crippen LogP contribution in [0.2, 0.25) is 0 Å². The molecule has 6 nitrogen and oxygen atoms in total. The predicted molar refractivity (Wildman–Crippen MR) is 558 cm³/mol. The molecule has 22 aromatic carbocycles. The average molecular weight is 1900 g/mol. The van der Waals surface area contributed by atoms with Gasteiger partial charge in [0.15, 0.2) is 11.6 Å². The zero-order chi connectivity index (χ0) is 89.9. The first kappa shape index (κ1) is 83.7. The van der Waals surface area contributed by atoms with Crippen LogP contribution in [0, 0.1) is 0 Å². The summed E-state index contributed by atoms with van der Waals surface area (Å²) in [5.41, 5.74) is 13.6. The summed E-state index contributed by atoms with van der Waals surface area (Å²) >= 11 is 10.7. The number of hydrogen-bond donors (Lipinski definition) is 2. The summed E-state index contributed by atoms with van der Waals surface area (Å²) in [7, 11) is -0.442. The van der Waals surface area contributed by atoms with Gasteiger partial charge < -0.3 is 19.5 Å². The third-order valence-electron chi connectivity index (χ3n) is 27.5. The fraction of sp³-hybridized carbons (Fsp3) is 0.0656. The molecule has 0 saturated carbocycles. The smallest absolute Gasteiger partial charge is 0.399 e. The molecule has 2 atom stereocenters. The highest BCUT2D eigenvalue weighted by molar-refractivity contribution is 9.11. The molecule has 25 rings (SSSR count). The molecule has 1 saturated heterocycles. The van der Waals surface area contributed by atoms with E-state index in [1.54, 1.807) is 42.5 Å². The Morgan fingerprint density at radius 2 is 0.470 bits per heavy atom. The molecule has 3 aliphatic rings. The zero-order valence-electron chi connectivity index (χ0n) is 72.7. The molecule has 0 spiro atoms. The summed E-state index contributed by atoms with van der Waals surface area (Å²) in [6, 6.07) is 147. The summed E-state index contributed by atoms with van der Waals surface area (Å²) in [4.78, 5) is 24.4. The number of fused-ring (bicyclic) bond motifs is 14. The minimum Gasteiger partial charge on any atom is -0.399 e. The van der Waals surface area contributed by atoms with Crippen LogP contribution in [0.1, 0.15) is 92.9 Å². The summed E-state index contributed by atoms with van der Waals surface area (Å²) in [5, 5.41) is 49.9. The lowest BCUT2D eigenvalue weighted by Crippen LogP contribution is -2.44. The Bertz CT molecular complexity index is 8480. The molecule has 132 heavy (non-hydrogen) atoms. The van der Waals surface area contributed by atoms with E-state index in [1.807, 2.05) is 91.0 Å². The maximum Gasteiger partial charge on any atom is 0.494 e. The Balaban J connectivity index is 0.000000107. The standard InChI is InChI=1S/C40H33BO2.C34H23BrO2.C34H21Br.C14H7BrO2/c1-39(2)40(3,4)43-41(42-39)28-23-24-35-36(25-28)38(32-22-12-16-27-14-6-8-18-30(27)32)34-20-10-9-19-33(34)37(35)31-21-11-15-26-13-5-7-17-29(26)31;35-24-19-20-31-32(21-24)34(37,28-18-8-12-23-10-2-4-14-26(23)28)30-16-6-5-15-29(30)33(31,36)27-17-7-11-22-9-1-3-13-25(22)27;35-24-19-20-31-32(21-24)34(28-18-8-12-23-10-2-4-14-26(23)28)30-16-6-5-15-29(30)33(31)27-17-7-11-22-9-1-3-13-25(22)27;15-8-5-6-11-12(7-8)14(17)10-4-2-1-3-9(10)13(11)16/h5-25H,1-4H3;1-21,36-37H;1-21H;1-7H. The van der Waals surface area contributed by atoms with Gasteiger partial charge in [-0.15, -0.1) is 0 Å². The van der Waals surface area contributed by atoms with Gasteiger partial charge in [0.25, 0.3) is 0 Å². The van der Waals surface area contributed by atoms with Gasteiger partial charge in [0, 0.05) is 52.4 Å². The Morgan fingerprint density at radius 1 is 0.212 bits per heavy atom. The number of carbonyl (C=O) groups excluding carboxylic acids is 2. The number of hydrogen-bond acceptors (Lipinski definition) is 6. The van der Waals surface area contributed by atoms with Crippen LogP contribution in [0.5, 0.6) is 0 Å². The molecule has 0 aromatic heterocycles. The fourth-order valence-electron chi connectivity index (χ4n) is 20.7. The first-order chi connectivity index (χ1) is 64.3. The Morgan fingerprint density at radius 3 is 0.894 bits per heavy atom. The quantitative estimate of drug-likeness (QED) is 0.122. The molecule has 0 radical (unpaired) electrons. The second-order valence-electron chi connectivity index (χ2n) is 35.4. The maximum absolute atomic E-state index is 12.9. The van der Waals surface area contributed by atoms with Crippen LogP contribution in [0.3, 0.4) is 0 Å². The maximum atomic E-state index is 12.9. The van der Waals surface area contributed by atoms with Gasteiger partial charge in [-0.2, -0.15) is 0 Å². The van der Waals surface area contributed by atoms with Crippen LogP contribution in [0.4, 0.5) is 0 Å².